The van der Waals surface area contributed by atoms with Crippen molar-refractivity contribution in [3.8, 4) is 16.3 Å². The van der Waals surface area contributed by atoms with Crippen LogP contribution < -0.4 is 10.6 Å². The molecule has 0 amide bonds. The number of nitrogens with zero attached hydrogens (tertiary/aromatic N) is 1. The lowest BCUT2D eigenvalue weighted by atomic mass is 10.1. The van der Waals surface area contributed by atoms with E-state index in [1.807, 2.05) is 45.0 Å². The molecule has 7 heteroatoms. The summed E-state index contributed by atoms with van der Waals surface area (Å²) in [5.41, 5.74) is 2.01. The lowest BCUT2D eigenvalue weighted by Crippen LogP contribution is -2.42. The van der Waals surface area contributed by atoms with Gasteiger partial charge in [-0.25, -0.2) is 4.98 Å². The number of phenolic OH excluding ortho intramolecular Hbond substituents is 1. The molecule has 3 rings (SSSR count). The van der Waals surface area contributed by atoms with E-state index in [4.69, 9.17) is 23.8 Å². The van der Waals surface area contributed by atoms with Gasteiger partial charge in [0.05, 0.1) is 20.8 Å². The molecule has 0 fully saturated rings. The number of aromatic nitrogens is 1. The Bertz CT molecular complexity index is 914. The molecule has 0 bridgehead atoms. The minimum absolute atomic E-state index is 0.0148. The van der Waals surface area contributed by atoms with Gasteiger partial charge in [-0.05, 0) is 57.3 Å². The Morgan fingerprint density at radius 3 is 2.64 bits per heavy atom. The van der Waals surface area contributed by atoms with Gasteiger partial charge in [0.25, 0.3) is 0 Å². The van der Waals surface area contributed by atoms with Crippen molar-refractivity contribution in [3.63, 3.8) is 0 Å². The number of hydrogen-bond acceptors (Lipinski definition) is 4. The van der Waals surface area contributed by atoms with Crippen LogP contribution in [-0.2, 0) is 0 Å². The second-order valence-corrected chi connectivity index (χ2v) is 8.52. The lowest BCUT2D eigenvalue weighted by Gasteiger charge is -2.23. The van der Waals surface area contributed by atoms with Crippen LogP contribution in [0.1, 0.15) is 20.8 Å². The maximum atomic E-state index is 10.4. The molecule has 130 valence electrons. The number of thiocarbonyl (C=S) groups is 1. The number of thiazole rings is 1. The Morgan fingerprint density at radius 2 is 1.96 bits per heavy atom. The van der Waals surface area contributed by atoms with Crippen molar-refractivity contribution in [2.24, 2.45) is 0 Å². The second kappa shape index (κ2) is 6.78. The van der Waals surface area contributed by atoms with E-state index in [1.54, 1.807) is 12.1 Å². The molecule has 0 aliphatic carbocycles. The number of rotatable bonds is 2. The smallest absolute Gasteiger partial charge is 0.171 e. The molecule has 0 aliphatic heterocycles. The van der Waals surface area contributed by atoms with E-state index in [-0.39, 0.29) is 16.3 Å². The molecular weight excluding hydrogens is 374 g/mol. The van der Waals surface area contributed by atoms with Crippen molar-refractivity contribution in [2.75, 3.05) is 5.32 Å². The maximum Gasteiger partial charge on any atom is 0.171 e. The van der Waals surface area contributed by atoms with Gasteiger partial charge in [0.15, 0.2) is 5.11 Å². The fourth-order valence-electron chi connectivity index (χ4n) is 2.32. The number of nitrogens with one attached hydrogen (secondary N) is 2. The quantitative estimate of drug-likeness (QED) is 0.403. The summed E-state index contributed by atoms with van der Waals surface area (Å²) >= 11 is 13.0. The molecule has 25 heavy (non-hydrogen) atoms. The topological polar surface area (TPSA) is 57.2 Å². The standard InChI is InChI=1S/C18H18ClN3OS2/c1-18(2,3)22-17(24)20-10-8-11(15(23)12(19)9-10)16-21-13-6-4-5-7-14(13)25-16/h4-9,23H,1-3H3,(H2,20,22,24). The molecule has 0 saturated heterocycles. The van der Waals surface area contributed by atoms with Gasteiger partial charge < -0.3 is 15.7 Å². The van der Waals surface area contributed by atoms with Gasteiger partial charge >= 0.3 is 0 Å². The van der Waals surface area contributed by atoms with Gasteiger partial charge in [0, 0.05) is 11.2 Å². The summed E-state index contributed by atoms with van der Waals surface area (Å²) in [6, 6.07) is 11.3. The Balaban J connectivity index is 1.97. The largest absolute Gasteiger partial charge is 0.506 e. The zero-order valence-electron chi connectivity index (χ0n) is 14.1. The molecule has 1 aromatic heterocycles. The molecule has 3 N–H and O–H groups in total. The van der Waals surface area contributed by atoms with Crippen molar-refractivity contribution in [2.45, 2.75) is 26.3 Å². The van der Waals surface area contributed by atoms with E-state index < -0.39 is 0 Å². The number of halogens is 1. The molecule has 2 aromatic carbocycles. The number of hydrogen-bond donors (Lipinski definition) is 3. The predicted octanol–water partition coefficient (Wildman–Crippen LogP) is 5.41. The minimum Gasteiger partial charge on any atom is -0.506 e. The van der Waals surface area contributed by atoms with Gasteiger partial charge in [0.1, 0.15) is 10.8 Å². The first kappa shape index (κ1) is 17.9. The zero-order chi connectivity index (χ0) is 18.2. The second-order valence-electron chi connectivity index (χ2n) is 6.67. The van der Waals surface area contributed by atoms with E-state index in [0.717, 1.165) is 10.2 Å². The number of fused-ring (bicyclic) bond motifs is 1. The highest BCUT2D eigenvalue weighted by atomic mass is 35.5. The first-order chi connectivity index (χ1) is 11.7. The zero-order valence-corrected chi connectivity index (χ0v) is 16.4. The average Bonchev–Trinajstić information content (AvgIpc) is 2.92. The summed E-state index contributed by atoms with van der Waals surface area (Å²) in [5, 5.41) is 18.1. The Labute approximate surface area is 160 Å². The van der Waals surface area contributed by atoms with E-state index in [0.29, 0.717) is 21.4 Å². The number of aromatic hydroxyl groups is 1. The third-order valence-electron chi connectivity index (χ3n) is 3.33. The average molecular weight is 392 g/mol. The summed E-state index contributed by atoms with van der Waals surface area (Å²) in [4.78, 5) is 4.59. The third-order valence-corrected chi connectivity index (χ3v) is 4.90. The van der Waals surface area contributed by atoms with Gasteiger partial charge in [-0.1, -0.05) is 23.7 Å². The maximum absolute atomic E-state index is 10.4. The highest BCUT2D eigenvalue weighted by Gasteiger charge is 2.16. The molecule has 4 nitrogen and oxygen atoms in total. The van der Waals surface area contributed by atoms with Crippen molar-refractivity contribution in [3.05, 3.63) is 41.4 Å². The van der Waals surface area contributed by atoms with Gasteiger partial charge in [0.2, 0.25) is 0 Å². The van der Waals surface area contributed by atoms with Crippen LogP contribution in [0.2, 0.25) is 5.02 Å². The van der Waals surface area contributed by atoms with Crippen molar-refractivity contribution >= 4 is 56.2 Å². The van der Waals surface area contributed by atoms with Crippen LogP contribution >= 0.6 is 35.2 Å². The van der Waals surface area contributed by atoms with Crippen LogP contribution in [0.3, 0.4) is 0 Å². The molecule has 0 atom stereocenters. The highest BCUT2D eigenvalue weighted by molar-refractivity contribution is 7.80. The van der Waals surface area contributed by atoms with E-state index >= 15 is 0 Å². The van der Waals surface area contributed by atoms with Crippen LogP contribution in [0, 0.1) is 0 Å². The van der Waals surface area contributed by atoms with Crippen LogP contribution in [0.5, 0.6) is 5.75 Å². The number of benzene rings is 2. The summed E-state index contributed by atoms with van der Waals surface area (Å²) < 4.78 is 1.05. The van der Waals surface area contributed by atoms with Crippen molar-refractivity contribution in [1.82, 2.24) is 10.3 Å². The normalized spacial score (nSPS) is 11.5. The highest BCUT2D eigenvalue weighted by Crippen LogP contribution is 2.41. The van der Waals surface area contributed by atoms with Gasteiger partial charge in [-0.2, -0.15) is 0 Å². The number of anilines is 1. The molecule has 3 aromatic rings. The Morgan fingerprint density at radius 1 is 1.24 bits per heavy atom. The third kappa shape index (κ3) is 4.21. The summed E-state index contributed by atoms with van der Waals surface area (Å²) in [5.74, 6) is 0.0148. The Kier molecular flexibility index (Phi) is 4.86. The van der Waals surface area contributed by atoms with Crippen molar-refractivity contribution < 1.29 is 5.11 Å². The summed E-state index contributed by atoms with van der Waals surface area (Å²) in [7, 11) is 0. The molecule has 0 unspecified atom stereocenters. The van der Waals surface area contributed by atoms with E-state index in [1.165, 1.54) is 11.3 Å². The van der Waals surface area contributed by atoms with Crippen molar-refractivity contribution in [1.29, 1.82) is 0 Å². The molecule has 1 heterocycles. The SMILES string of the molecule is CC(C)(C)NC(=S)Nc1cc(Cl)c(O)c(-c2nc3ccccc3s2)c1. The summed E-state index contributed by atoms with van der Waals surface area (Å²) in [6.45, 7) is 6.08. The first-order valence-electron chi connectivity index (χ1n) is 7.70. The van der Waals surface area contributed by atoms with E-state index in [2.05, 4.69) is 15.6 Å². The van der Waals surface area contributed by atoms with Crippen LogP contribution in [0.15, 0.2) is 36.4 Å². The van der Waals surface area contributed by atoms with Crippen LogP contribution in [0.4, 0.5) is 5.69 Å². The van der Waals surface area contributed by atoms with Gasteiger partial charge in [-0.3, -0.25) is 0 Å². The van der Waals surface area contributed by atoms with Crippen LogP contribution in [-0.4, -0.2) is 20.7 Å². The molecule has 0 radical (unpaired) electrons. The fraction of sp³-hybridized carbons (Fsp3) is 0.222. The molecule has 0 aliphatic rings. The summed E-state index contributed by atoms with van der Waals surface area (Å²) in [6.07, 6.45) is 0. The van der Waals surface area contributed by atoms with Crippen LogP contribution in [0.25, 0.3) is 20.8 Å². The molecular formula is C18H18ClN3OS2. The number of para-hydroxylation sites is 1. The monoisotopic (exact) mass is 391 g/mol. The molecule has 0 spiro atoms. The first-order valence-corrected chi connectivity index (χ1v) is 9.31. The number of phenols is 1. The van der Waals surface area contributed by atoms with Gasteiger partial charge in [-0.15, -0.1) is 11.3 Å². The predicted molar refractivity (Wildman–Crippen MR) is 111 cm³/mol. The minimum atomic E-state index is -0.152. The van der Waals surface area contributed by atoms with E-state index in [9.17, 15) is 5.11 Å². The fourth-order valence-corrected chi connectivity index (χ4v) is 3.95. The lowest BCUT2D eigenvalue weighted by molar-refractivity contribution is 0.477. The Hall–Kier alpha value is -1.89. The molecule has 0 saturated carbocycles.